The Hall–Kier alpha value is -2.82. The van der Waals surface area contributed by atoms with Crippen LogP contribution in [0.25, 0.3) is 22.6 Å². The minimum absolute atomic E-state index is 0.419. The molecule has 0 saturated carbocycles. The average Bonchev–Trinajstić information content (AvgIpc) is 3.12. The fourth-order valence-electron chi connectivity index (χ4n) is 2.78. The number of halogens is 3. The van der Waals surface area contributed by atoms with E-state index in [0.717, 1.165) is 21.7 Å². The summed E-state index contributed by atoms with van der Waals surface area (Å²) in [6.45, 7) is 0. The molecule has 4 aromatic rings. The van der Waals surface area contributed by atoms with E-state index in [1.165, 1.54) is 12.1 Å². The number of nitrogens with zero attached hydrogens (tertiary/aromatic N) is 1. The fraction of sp³-hybridized carbons (Fsp3) is 0.0455. The molecule has 6 heteroatoms. The first-order chi connectivity index (χ1) is 13.5. The Morgan fingerprint density at radius 1 is 0.750 bits per heavy atom. The zero-order valence-electron chi connectivity index (χ0n) is 14.5. The van der Waals surface area contributed by atoms with Crippen molar-refractivity contribution in [3.8, 4) is 22.6 Å². The monoisotopic (exact) mass is 445 g/mol. The Labute approximate surface area is 166 Å². The third kappa shape index (κ3) is 3.88. The summed E-state index contributed by atoms with van der Waals surface area (Å²) in [5.74, 6) is 0.594. The van der Waals surface area contributed by atoms with Crippen LogP contribution in [0.15, 0.2) is 89.5 Å². The van der Waals surface area contributed by atoms with Crippen LogP contribution in [0, 0.1) is 0 Å². The predicted molar refractivity (Wildman–Crippen MR) is 104 cm³/mol. The van der Waals surface area contributed by atoms with Gasteiger partial charge in [0.05, 0.1) is 0 Å². The van der Waals surface area contributed by atoms with Crippen LogP contribution in [0.1, 0.15) is 5.56 Å². The van der Waals surface area contributed by atoms with E-state index < -0.39 is 26.7 Å². The Balaban J connectivity index is 1.82. The third-order valence-corrected chi connectivity index (χ3v) is 6.36. The summed E-state index contributed by atoms with van der Waals surface area (Å²) in [6.07, 6.45) is -4.37. The van der Waals surface area contributed by atoms with Crippen molar-refractivity contribution in [3.63, 3.8) is 0 Å². The quantitative estimate of drug-likeness (QED) is 0.428. The van der Waals surface area contributed by atoms with Crippen molar-refractivity contribution in [2.75, 3.05) is 0 Å². The molecule has 3 aromatic carbocycles. The number of aromatic nitrogens is 1. The summed E-state index contributed by atoms with van der Waals surface area (Å²) in [7, 11) is 0. The van der Waals surface area contributed by atoms with Gasteiger partial charge < -0.3 is 0 Å². The van der Waals surface area contributed by atoms with Crippen molar-refractivity contribution in [1.82, 2.24) is 5.16 Å². The van der Waals surface area contributed by atoms with E-state index in [1.54, 1.807) is 6.07 Å². The molecule has 0 atom stereocenters. The molecule has 0 aliphatic heterocycles. The van der Waals surface area contributed by atoms with Crippen molar-refractivity contribution in [2.45, 2.75) is 6.18 Å². The molecule has 1 aromatic heterocycles. The van der Waals surface area contributed by atoms with Gasteiger partial charge >= 0.3 is 166 Å². The Bertz CT molecular complexity index is 1020. The van der Waals surface area contributed by atoms with E-state index in [-0.39, 0.29) is 0 Å². The summed E-state index contributed by atoms with van der Waals surface area (Å²) < 4.78 is 46.4. The van der Waals surface area contributed by atoms with Crippen LogP contribution < -0.4 is 8.92 Å². The fourth-order valence-corrected chi connectivity index (χ4v) is 5.02. The summed E-state index contributed by atoms with van der Waals surface area (Å²) in [5, 5.41) is 4.25. The summed E-state index contributed by atoms with van der Waals surface area (Å²) in [4.78, 5) is 0. The van der Waals surface area contributed by atoms with Gasteiger partial charge in [-0.3, -0.25) is 0 Å². The topological polar surface area (TPSA) is 26.0 Å². The molecule has 0 fully saturated rings. The first-order valence-electron chi connectivity index (χ1n) is 8.48. The van der Waals surface area contributed by atoms with Crippen LogP contribution in [0.3, 0.4) is 0 Å². The van der Waals surface area contributed by atoms with Gasteiger partial charge in [0.1, 0.15) is 0 Å². The van der Waals surface area contributed by atoms with Gasteiger partial charge in [0, 0.05) is 0 Å². The number of alkyl halides is 3. The normalized spacial score (nSPS) is 11.5. The van der Waals surface area contributed by atoms with Crippen LogP contribution in [-0.4, -0.2) is 20.1 Å². The Morgan fingerprint density at radius 2 is 1.39 bits per heavy atom. The number of benzene rings is 3. The van der Waals surface area contributed by atoms with E-state index in [0.29, 0.717) is 15.9 Å². The Kier molecular flexibility index (Phi) is 5.07. The van der Waals surface area contributed by atoms with Crippen molar-refractivity contribution in [1.29, 1.82) is 0 Å². The van der Waals surface area contributed by atoms with Crippen molar-refractivity contribution in [3.05, 3.63) is 90.5 Å². The van der Waals surface area contributed by atoms with Gasteiger partial charge in [0.2, 0.25) is 0 Å². The molecule has 0 bridgehead atoms. The molecule has 140 valence electrons. The van der Waals surface area contributed by atoms with Crippen LogP contribution in [0.5, 0.6) is 0 Å². The second-order valence-electron chi connectivity index (χ2n) is 6.05. The maximum absolute atomic E-state index is 13.1. The summed E-state index contributed by atoms with van der Waals surface area (Å²) >= 11 is -0.419. The third-order valence-electron chi connectivity index (χ3n) is 4.11. The van der Waals surface area contributed by atoms with Crippen molar-refractivity contribution in [2.24, 2.45) is 0 Å². The van der Waals surface area contributed by atoms with Gasteiger partial charge in [-0.05, 0) is 0 Å². The molecule has 0 amide bonds. The van der Waals surface area contributed by atoms with Gasteiger partial charge in [-0.2, -0.15) is 0 Å². The van der Waals surface area contributed by atoms with Crippen LogP contribution in [0.2, 0.25) is 0 Å². The minimum atomic E-state index is -4.37. The summed E-state index contributed by atoms with van der Waals surface area (Å²) in [6, 6.07) is 24.5. The first kappa shape index (κ1) is 18.5. The van der Waals surface area contributed by atoms with E-state index >= 15 is 0 Å². The Morgan fingerprint density at radius 3 is 2.04 bits per heavy atom. The zero-order valence-corrected chi connectivity index (χ0v) is 16.2. The maximum atomic E-state index is 13.1. The second-order valence-corrected chi connectivity index (χ2v) is 8.32. The van der Waals surface area contributed by atoms with E-state index in [2.05, 4.69) is 5.16 Å². The molecule has 0 aliphatic rings. The number of hydrogen-bond donors (Lipinski definition) is 0. The number of hydrogen-bond acceptors (Lipinski definition) is 2. The molecule has 0 unspecified atom stereocenters. The van der Waals surface area contributed by atoms with Gasteiger partial charge in [-0.15, -0.1) is 0 Å². The van der Waals surface area contributed by atoms with Crippen molar-refractivity contribution >= 4 is 23.9 Å². The molecular weight excluding hydrogens is 430 g/mol. The molecule has 2 nitrogen and oxygen atoms in total. The van der Waals surface area contributed by atoms with Crippen LogP contribution in [-0.2, 0) is 6.18 Å². The van der Waals surface area contributed by atoms with Crippen LogP contribution in [0.4, 0.5) is 13.2 Å². The van der Waals surface area contributed by atoms with Gasteiger partial charge in [0.25, 0.3) is 0 Å². The molecule has 1 heterocycles. The molecule has 0 radical (unpaired) electrons. The standard InChI is InChI=1S/C22H14F3NOSe/c23-22(24,25)17-12-7-13-18(14-17)28-21-19(15-8-3-1-4-9-15)26-27-20(21)16-10-5-2-6-11-16/h1-14H. The predicted octanol–water partition coefficient (Wildman–Crippen LogP) is 4.68. The molecule has 28 heavy (non-hydrogen) atoms. The summed E-state index contributed by atoms with van der Waals surface area (Å²) in [5.41, 5.74) is 1.74. The van der Waals surface area contributed by atoms with Gasteiger partial charge in [0.15, 0.2) is 0 Å². The van der Waals surface area contributed by atoms with Crippen molar-refractivity contribution < 1.29 is 17.7 Å². The zero-order chi connectivity index (χ0) is 19.6. The van der Waals surface area contributed by atoms with E-state index in [4.69, 9.17) is 4.52 Å². The molecule has 0 spiro atoms. The second kappa shape index (κ2) is 7.66. The first-order valence-corrected chi connectivity index (χ1v) is 10.2. The number of rotatable bonds is 4. The van der Waals surface area contributed by atoms with Gasteiger partial charge in [-0.1, -0.05) is 0 Å². The molecule has 4 rings (SSSR count). The van der Waals surface area contributed by atoms with Crippen LogP contribution >= 0.6 is 0 Å². The van der Waals surface area contributed by atoms with E-state index in [9.17, 15) is 13.2 Å². The average molecular weight is 444 g/mol. The SMILES string of the molecule is FC(F)(F)c1cccc([Se]c2c(-c3ccccc3)noc2-c2ccccc2)c1. The molecule has 0 aliphatic carbocycles. The molecule has 0 N–H and O–H groups in total. The molecule has 0 saturated heterocycles. The molecular formula is C22H14F3NOSe. The van der Waals surface area contributed by atoms with E-state index in [1.807, 2.05) is 60.7 Å². The van der Waals surface area contributed by atoms with Gasteiger partial charge in [-0.25, -0.2) is 0 Å².